The molecule has 6 heteroatoms. The molecular formula is C13H22N4O2. The Hall–Kier alpha value is -0.980. The Morgan fingerprint density at radius 1 is 1.42 bits per heavy atom. The minimum Gasteiger partial charge on any atom is -0.392 e. The third-order valence-electron chi connectivity index (χ3n) is 3.85. The molecule has 1 saturated heterocycles. The topological polar surface area (TPSA) is 65.6 Å². The molecule has 1 aromatic rings. The van der Waals surface area contributed by atoms with Gasteiger partial charge >= 0.3 is 0 Å². The number of hydrogen-bond donors (Lipinski definition) is 1. The Labute approximate surface area is 113 Å². The molecule has 3 rings (SSSR count). The first kappa shape index (κ1) is 13.0. The standard InChI is InChI=1S/C13H22N4O2/c1-16(2)6-10-5-11(18)7-17(10)8-12-14-13(15-19-12)9-3-4-9/h9-11,18H,3-8H2,1-2H3. The number of rotatable bonds is 5. The van der Waals surface area contributed by atoms with Gasteiger partial charge in [-0.05, 0) is 33.4 Å². The summed E-state index contributed by atoms with van der Waals surface area (Å²) in [7, 11) is 4.11. The zero-order chi connectivity index (χ0) is 13.4. The number of β-amino-alcohol motifs (C(OH)–C–C–N with tert-alkyl or cyclic N) is 1. The van der Waals surface area contributed by atoms with Crippen molar-refractivity contribution >= 4 is 0 Å². The van der Waals surface area contributed by atoms with Crippen molar-refractivity contribution in [2.75, 3.05) is 27.2 Å². The molecule has 1 aromatic heterocycles. The number of nitrogens with zero attached hydrogens (tertiary/aromatic N) is 4. The predicted molar refractivity (Wildman–Crippen MR) is 69.6 cm³/mol. The van der Waals surface area contributed by atoms with Crippen LogP contribution >= 0.6 is 0 Å². The highest BCUT2D eigenvalue weighted by molar-refractivity contribution is 5.03. The fourth-order valence-electron chi connectivity index (χ4n) is 2.78. The van der Waals surface area contributed by atoms with E-state index in [2.05, 4.69) is 34.0 Å². The molecule has 2 aliphatic rings. The van der Waals surface area contributed by atoms with E-state index in [-0.39, 0.29) is 6.10 Å². The van der Waals surface area contributed by atoms with Crippen LogP contribution in [0.25, 0.3) is 0 Å². The van der Waals surface area contributed by atoms with Crippen molar-refractivity contribution in [3.8, 4) is 0 Å². The number of aliphatic hydroxyl groups excluding tert-OH is 1. The molecule has 0 spiro atoms. The van der Waals surface area contributed by atoms with Crippen LogP contribution in [0.5, 0.6) is 0 Å². The van der Waals surface area contributed by atoms with E-state index >= 15 is 0 Å². The molecule has 106 valence electrons. The Bertz CT molecular complexity index is 430. The number of likely N-dealkylation sites (tertiary alicyclic amines) is 1. The smallest absolute Gasteiger partial charge is 0.240 e. The summed E-state index contributed by atoms with van der Waals surface area (Å²) >= 11 is 0. The second kappa shape index (κ2) is 5.19. The molecule has 2 atom stereocenters. The van der Waals surface area contributed by atoms with Crippen LogP contribution in [0.4, 0.5) is 0 Å². The summed E-state index contributed by atoms with van der Waals surface area (Å²) in [5.74, 6) is 2.07. The van der Waals surface area contributed by atoms with Crippen molar-refractivity contribution in [3.05, 3.63) is 11.7 Å². The van der Waals surface area contributed by atoms with Crippen molar-refractivity contribution in [1.82, 2.24) is 19.9 Å². The van der Waals surface area contributed by atoms with Gasteiger partial charge in [-0.1, -0.05) is 5.16 Å². The molecule has 2 fully saturated rings. The first-order valence-corrected chi connectivity index (χ1v) is 7.01. The zero-order valence-corrected chi connectivity index (χ0v) is 11.6. The Morgan fingerprint density at radius 3 is 2.89 bits per heavy atom. The number of hydrogen-bond acceptors (Lipinski definition) is 6. The van der Waals surface area contributed by atoms with E-state index in [1.807, 2.05) is 0 Å². The van der Waals surface area contributed by atoms with E-state index in [9.17, 15) is 5.11 Å². The second-order valence-electron chi connectivity index (χ2n) is 6.06. The molecule has 19 heavy (non-hydrogen) atoms. The summed E-state index contributed by atoms with van der Waals surface area (Å²) in [6.07, 6.45) is 2.95. The van der Waals surface area contributed by atoms with Gasteiger partial charge in [0.2, 0.25) is 5.89 Å². The highest BCUT2D eigenvalue weighted by Crippen LogP contribution is 2.38. The zero-order valence-electron chi connectivity index (χ0n) is 11.6. The third kappa shape index (κ3) is 3.13. The summed E-state index contributed by atoms with van der Waals surface area (Å²) in [4.78, 5) is 8.86. The number of aliphatic hydroxyl groups is 1. The first-order chi connectivity index (χ1) is 9.11. The van der Waals surface area contributed by atoms with Gasteiger partial charge in [0.25, 0.3) is 0 Å². The van der Waals surface area contributed by atoms with Crippen LogP contribution in [0.1, 0.15) is 36.9 Å². The lowest BCUT2D eigenvalue weighted by Crippen LogP contribution is -2.37. The maximum atomic E-state index is 9.84. The van der Waals surface area contributed by atoms with Gasteiger partial charge in [0.05, 0.1) is 12.6 Å². The van der Waals surface area contributed by atoms with Crippen LogP contribution in [0, 0.1) is 0 Å². The lowest BCUT2D eigenvalue weighted by atomic mass is 10.2. The number of likely N-dealkylation sites (N-methyl/N-ethyl adjacent to an activating group) is 1. The van der Waals surface area contributed by atoms with Crippen molar-refractivity contribution < 1.29 is 9.63 Å². The first-order valence-electron chi connectivity index (χ1n) is 7.01. The van der Waals surface area contributed by atoms with Gasteiger partial charge < -0.3 is 14.5 Å². The minimum absolute atomic E-state index is 0.240. The van der Waals surface area contributed by atoms with Gasteiger partial charge in [-0.2, -0.15) is 4.98 Å². The lowest BCUT2D eigenvalue weighted by Gasteiger charge is -2.25. The van der Waals surface area contributed by atoms with E-state index < -0.39 is 0 Å². The van der Waals surface area contributed by atoms with Crippen molar-refractivity contribution in [2.24, 2.45) is 0 Å². The lowest BCUT2D eigenvalue weighted by molar-refractivity contribution is 0.158. The van der Waals surface area contributed by atoms with Gasteiger partial charge in [-0.25, -0.2) is 0 Å². The summed E-state index contributed by atoms with van der Waals surface area (Å²) in [5, 5.41) is 13.9. The van der Waals surface area contributed by atoms with Gasteiger partial charge in [0.15, 0.2) is 5.82 Å². The van der Waals surface area contributed by atoms with Crippen LogP contribution in [-0.2, 0) is 6.54 Å². The molecule has 2 unspecified atom stereocenters. The summed E-state index contributed by atoms with van der Waals surface area (Å²) < 4.78 is 5.32. The summed E-state index contributed by atoms with van der Waals surface area (Å²) in [6.45, 7) is 2.29. The van der Waals surface area contributed by atoms with Gasteiger partial charge in [-0.15, -0.1) is 0 Å². The third-order valence-corrected chi connectivity index (χ3v) is 3.85. The average Bonchev–Trinajstić information content (AvgIpc) is 2.99. The fraction of sp³-hybridized carbons (Fsp3) is 0.846. The van der Waals surface area contributed by atoms with Crippen LogP contribution < -0.4 is 0 Å². The van der Waals surface area contributed by atoms with E-state index in [1.54, 1.807) is 0 Å². The Morgan fingerprint density at radius 2 is 2.21 bits per heavy atom. The van der Waals surface area contributed by atoms with E-state index in [1.165, 1.54) is 12.8 Å². The molecule has 1 aliphatic carbocycles. The quantitative estimate of drug-likeness (QED) is 0.834. The van der Waals surface area contributed by atoms with Crippen LogP contribution in [0.3, 0.4) is 0 Å². The largest absolute Gasteiger partial charge is 0.392 e. The predicted octanol–water partition coefficient (Wildman–Crippen LogP) is 0.444. The second-order valence-corrected chi connectivity index (χ2v) is 6.06. The van der Waals surface area contributed by atoms with Crippen LogP contribution in [-0.4, -0.2) is 64.4 Å². The van der Waals surface area contributed by atoms with Gasteiger partial charge in [-0.3, -0.25) is 4.90 Å². The average molecular weight is 266 g/mol. The van der Waals surface area contributed by atoms with E-state index in [0.717, 1.165) is 18.8 Å². The highest BCUT2D eigenvalue weighted by Gasteiger charge is 2.33. The Kier molecular flexibility index (Phi) is 3.56. The van der Waals surface area contributed by atoms with Gasteiger partial charge in [0, 0.05) is 25.0 Å². The van der Waals surface area contributed by atoms with Crippen molar-refractivity contribution in [2.45, 2.75) is 43.9 Å². The molecular weight excluding hydrogens is 244 g/mol. The van der Waals surface area contributed by atoms with Crippen molar-refractivity contribution in [1.29, 1.82) is 0 Å². The molecule has 0 amide bonds. The maximum absolute atomic E-state index is 9.84. The maximum Gasteiger partial charge on any atom is 0.240 e. The van der Waals surface area contributed by atoms with Crippen LogP contribution in [0.2, 0.25) is 0 Å². The van der Waals surface area contributed by atoms with Crippen LogP contribution in [0.15, 0.2) is 4.52 Å². The molecule has 1 aliphatic heterocycles. The monoisotopic (exact) mass is 266 g/mol. The van der Waals surface area contributed by atoms with E-state index in [0.29, 0.717) is 30.9 Å². The Balaban J connectivity index is 1.62. The molecule has 6 nitrogen and oxygen atoms in total. The SMILES string of the molecule is CN(C)CC1CC(O)CN1Cc1nc(C2CC2)no1. The van der Waals surface area contributed by atoms with Crippen molar-refractivity contribution in [3.63, 3.8) is 0 Å². The molecule has 0 radical (unpaired) electrons. The molecule has 1 N–H and O–H groups in total. The fourth-order valence-corrected chi connectivity index (χ4v) is 2.78. The number of aromatic nitrogens is 2. The summed E-state index contributed by atoms with van der Waals surface area (Å²) in [5.41, 5.74) is 0. The molecule has 1 saturated carbocycles. The molecule has 0 aromatic carbocycles. The summed E-state index contributed by atoms with van der Waals surface area (Å²) in [6, 6.07) is 0.362. The van der Waals surface area contributed by atoms with E-state index in [4.69, 9.17) is 4.52 Å². The van der Waals surface area contributed by atoms with Gasteiger partial charge in [0.1, 0.15) is 0 Å². The minimum atomic E-state index is -0.240. The normalized spacial score (nSPS) is 28.4. The highest BCUT2D eigenvalue weighted by atomic mass is 16.5. The molecule has 0 bridgehead atoms. The molecule has 2 heterocycles.